The third-order valence-corrected chi connectivity index (χ3v) is 3.82. The van der Waals surface area contributed by atoms with Gasteiger partial charge in [0.05, 0.1) is 11.6 Å². The molecule has 2 amide bonds. The van der Waals surface area contributed by atoms with Gasteiger partial charge in [-0.05, 0) is 50.5 Å². The van der Waals surface area contributed by atoms with Crippen LogP contribution in [0.15, 0.2) is 48.5 Å². The fraction of sp³-hybridized carbons (Fsp3) is 0.250. The van der Waals surface area contributed by atoms with Crippen molar-refractivity contribution in [2.45, 2.75) is 6.10 Å². The number of benzene rings is 2. The van der Waals surface area contributed by atoms with E-state index < -0.39 is 12.0 Å². The Hall–Kier alpha value is -3.37. The highest BCUT2D eigenvalue weighted by atomic mass is 16.5. The molecular formula is C20H22N4O3. The van der Waals surface area contributed by atoms with Gasteiger partial charge in [0, 0.05) is 24.2 Å². The van der Waals surface area contributed by atoms with Crippen LogP contribution in [0.25, 0.3) is 0 Å². The monoisotopic (exact) mass is 366 g/mol. The molecule has 0 spiro atoms. The van der Waals surface area contributed by atoms with Gasteiger partial charge in [-0.2, -0.15) is 5.26 Å². The summed E-state index contributed by atoms with van der Waals surface area (Å²) < 4.78 is 5.66. The molecule has 7 heteroatoms. The van der Waals surface area contributed by atoms with Gasteiger partial charge >= 0.3 is 0 Å². The molecule has 27 heavy (non-hydrogen) atoms. The molecule has 3 N–H and O–H groups in total. The summed E-state index contributed by atoms with van der Waals surface area (Å²) in [5.41, 5.74) is 6.98. The van der Waals surface area contributed by atoms with Gasteiger partial charge in [0.25, 0.3) is 11.8 Å². The largest absolute Gasteiger partial charge is 0.476 e. The minimum Gasteiger partial charge on any atom is -0.476 e. The normalized spacial score (nSPS) is 11.5. The molecule has 0 radical (unpaired) electrons. The lowest BCUT2D eigenvalue weighted by Gasteiger charge is -2.17. The van der Waals surface area contributed by atoms with E-state index in [9.17, 15) is 9.59 Å². The molecule has 0 aliphatic rings. The van der Waals surface area contributed by atoms with Crippen LogP contribution in [-0.2, 0) is 4.79 Å². The second-order valence-electron chi connectivity index (χ2n) is 6.22. The summed E-state index contributed by atoms with van der Waals surface area (Å²) in [6, 6.07) is 14.9. The Morgan fingerprint density at radius 2 is 1.78 bits per heavy atom. The number of carbonyl (C=O) groups excluding carboxylic acids is 2. The predicted octanol–water partition coefficient (Wildman–Crippen LogP) is 1.46. The van der Waals surface area contributed by atoms with Crippen LogP contribution in [0.2, 0.25) is 0 Å². The van der Waals surface area contributed by atoms with Crippen LogP contribution in [0.1, 0.15) is 27.6 Å². The average Bonchev–Trinajstić information content (AvgIpc) is 2.66. The molecule has 2 aromatic rings. The summed E-state index contributed by atoms with van der Waals surface area (Å²) in [7, 11) is 3.86. The van der Waals surface area contributed by atoms with E-state index in [0.717, 1.165) is 6.54 Å². The highest BCUT2D eigenvalue weighted by Gasteiger charge is 2.20. The number of hydrogen-bond donors (Lipinski definition) is 2. The molecule has 140 valence electrons. The zero-order valence-corrected chi connectivity index (χ0v) is 15.3. The molecule has 0 saturated carbocycles. The lowest BCUT2D eigenvalue weighted by molar-refractivity contribution is -0.125. The second kappa shape index (κ2) is 9.36. The van der Waals surface area contributed by atoms with E-state index in [-0.39, 0.29) is 5.91 Å². The van der Waals surface area contributed by atoms with Crippen LogP contribution in [-0.4, -0.2) is 43.9 Å². The van der Waals surface area contributed by atoms with Crippen molar-refractivity contribution in [2.75, 3.05) is 27.2 Å². The van der Waals surface area contributed by atoms with E-state index in [4.69, 9.17) is 15.7 Å². The van der Waals surface area contributed by atoms with Crippen molar-refractivity contribution < 1.29 is 14.3 Å². The molecule has 1 unspecified atom stereocenters. The lowest BCUT2D eigenvalue weighted by Crippen LogP contribution is -2.31. The third-order valence-electron chi connectivity index (χ3n) is 3.82. The van der Waals surface area contributed by atoms with Gasteiger partial charge in [0.15, 0.2) is 0 Å². The van der Waals surface area contributed by atoms with E-state index >= 15 is 0 Å². The summed E-state index contributed by atoms with van der Waals surface area (Å²) in [6.07, 6.45) is -0.996. The summed E-state index contributed by atoms with van der Waals surface area (Å²) in [4.78, 5) is 25.9. The molecule has 2 aromatic carbocycles. The van der Waals surface area contributed by atoms with Gasteiger partial charge in [-0.15, -0.1) is 0 Å². The first-order valence-corrected chi connectivity index (χ1v) is 8.39. The highest BCUT2D eigenvalue weighted by Crippen LogP contribution is 2.22. The van der Waals surface area contributed by atoms with Gasteiger partial charge in [-0.1, -0.05) is 12.1 Å². The Bertz CT molecular complexity index is 824. The maximum Gasteiger partial charge on any atom is 0.263 e. The SMILES string of the molecule is CN(C)CCNC(=O)c1ccc(C(Oc2ccc(C#N)cc2)C(N)=O)cc1. The highest BCUT2D eigenvalue weighted by molar-refractivity contribution is 5.94. The number of ether oxygens (including phenoxy) is 1. The maximum atomic E-state index is 12.1. The first-order chi connectivity index (χ1) is 12.9. The van der Waals surface area contributed by atoms with Crippen LogP contribution >= 0.6 is 0 Å². The summed E-state index contributed by atoms with van der Waals surface area (Å²) >= 11 is 0. The van der Waals surface area contributed by atoms with Gasteiger partial charge in [-0.3, -0.25) is 9.59 Å². The molecule has 0 bridgehead atoms. The van der Waals surface area contributed by atoms with Crippen molar-refractivity contribution in [1.82, 2.24) is 10.2 Å². The third kappa shape index (κ3) is 5.83. The Balaban J connectivity index is 2.07. The predicted molar refractivity (Wildman–Crippen MR) is 101 cm³/mol. The smallest absolute Gasteiger partial charge is 0.263 e. The number of carbonyl (C=O) groups is 2. The van der Waals surface area contributed by atoms with Crippen LogP contribution < -0.4 is 15.8 Å². The quantitative estimate of drug-likeness (QED) is 0.735. The summed E-state index contributed by atoms with van der Waals surface area (Å²) in [5, 5.41) is 11.7. The fourth-order valence-corrected chi connectivity index (χ4v) is 2.34. The first kappa shape index (κ1) is 19.9. The van der Waals surface area contributed by atoms with E-state index in [0.29, 0.717) is 29.0 Å². The van der Waals surface area contributed by atoms with Crippen molar-refractivity contribution >= 4 is 11.8 Å². The number of nitrogens with one attached hydrogen (secondary N) is 1. The molecule has 0 aromatic heterocycles. The number of nitrogens with zero attached hydrogens (tertiary/aromatic N) is 2. The number of amides is 2. The second-order valence-corrected chi connectivity index (χ2v) is 6.22. The molecule has 0 heterocycles. The van der Waals surface area contributed by atoms with E-state index in [2.05, 4.69) is 5.32 Å². The number of primary amides is 1. The Morgan fingerprint density at radius 1 is 1.15 bits per heavy atom. The Kier molecular flexibility index (Phi) is 6.92. The zero-order valence-electron chi connectivity index (χ0n) is 15.3. The van der Waals surface area contributed by atoms with Crippen LogP contribution in [0.3, 0.4) is 0 Å². The van der Waals surface area contributed by atoms with Gasteiger partial charge < -0.3 is 20.7 Å². The zero-order chi connectivity index (χ0) is 19.8. The average molecular weight is 366 g/mol. The summed E-state index contributed by atoms with van der Waals surface area (Å²) in [6.45, 7) is 1.28. The molecule has 1 atom stereocenters. The van der Waals surface area contributed by atoms with Crippen LogP contribution in [0.5, 0.6) is 5.75 Å². The van der Waals surface area contributed by atoms with Crippen LogP contribution in [0.4, 0.5) is 0 Å². The minimum atomic E-state index is -0.996. The van der Waals surface area contributed by atoms with Gasteiger partial charge in [0.2, 0.25) is 6.10 Å². The van der Waals surface area contributed by atoms with Gasteiger partial charge in [0.1, 0.15) is 5.75 Å². The Labute approximate surface area is 158 Å². The molecule has 0 fully saturated rings. The number of hydrogen-bond acceptors (Lipinski definition) is 5. The van der Waals surface area contributed by atoms with Crippen molar-refractivity contribution in [2.24, 2.45) is 5.73 Å². The van der Waals surface area contributed by atoms with E-state index in [1.165, 1.54) is 0 Å². The first-order valence-electron chi connectivity index (χ1n) is 8.39. The number of rotatable bonds is 8. The molecule has 7 nitrogen and oxygen atoms in total. The van der Waals surface area contributed by atoms with Crippen LogP contribution in [0, 0.1) is 11.3 Å². The molecule has 2 rings (SSSR count). The molecular weight excluding hydrogens is 344 g/mol. The molecule has 0 saturated heterocycles. The van der Waals surface area contributed by atoms with E-state index in [1.807, 2.05) is 25.1 Å². The topological polar surface area (TPSA) is 108 Å². The fourth-order valence-electron chi connectivity index (χ4n) is 2.34. The number of nitrogens with two attached hydrogens (primary N) is 1. The van der Waals surface area contributed by atoms with E-state index in [1.54, 1.807) is 48.5 Å². The number of nitriles is 1. The minimum absolute atomic E-state index is 0.188. The van der Waals surface area contributed by atoms with Crippen molar-refractivity contribution in [3.63, 3.8) is 0 Å². The molecule has 0 aliphatic heterocycles. The standard InChI is InChI=1S/C20H22N4O3/c1-24(2)12-11-23-20(26)16-7-5-15(6-8-16)18(19(22)25)27-17-9-3-14(13-21)4-10-17/h3-10,18H,11-12H2,1-2H3,(H2,22,25)(H,23,26). The molecule has 0 aliphatic carbocycles. The van der Waals surface area contributed by atoms with Crippen molar-refractivity contribution in [3.05, 3.63) is 65.2 Å². The number of likely N-dealkylation sites (N-methyl/N-ethyl adjacent to an activating group) is 1. The Morgan fingerprint density at radius 3 is 2.30 bits per heavy atom. The van der Waals surface area contributed by atoms with Gasteiger partial charge in [-0.25, -0.2) is 0 Å². The summed E-state index contributed by atoms with van der Waals surface area (Å²) in [5.74, 6) is -0.419. The lowest BCUT2D eigenvalue weighted by atomic mass is 10.1. The maximum absolute atomic E-state index is 12.1. The van der Waals surface area contributed by atoms with Crippen molar-refractivity contribution in [3.8, 4) is 11.8 Å². The van der Waals surface area contributed by atoms with Crippen molar-refractivity contribution in [1.29, 1.82) is 5.26 Å².